The normalized spacial score (nSPS) is 20.0. The minimum atomic E-state index is -0.681. The number of aliphatic hydroxyl groups excluding tert-OH is 1. The first-order chi connectivity index (χ1) is 5.61. The zero-order valence-electron chi connectivity index (χ0n) is 7.49. The maximum atomic E-state index is 10.9. The molecule has 0 bridgehead atoms. The van der Waals surface area contributed by atoms with Crippen molar-refractivity contribution in [3.63, 3.8) is 0 Å². The summed E-state index contributed by atoms with van der Waals surface area (Å²) in [5, 5.41) is 9.51. The molecule has 1 fully saturated rings. The Labute approximate surface area is 72.1 Å². The van der Waals surface area contributed by atoms with Gasteiger partial charge in [-0.25, -0.2) is 4.79 Å². The topological polar surface area (TPSA) is 49.8 Å². The molecular formula is C8H15NO3. The Morgan fingerprint density at radius 1 is 1.67 bits per heavy atom. The standard InChI is InChI=1S/C8H15NO3/c1-6(2)5-7(10)9-3-4-12-8(9)11/h6-7,10H,3-5H2,1-2H3. The van der Waals surface area contributed by atoms with E-state index in [1.807, 2.05) is 13.8 Å². The predicted molar refractivity (Wildman–Crippen MR) is 43.5 cm³/mol. The molecule has 1 amide bonds. The average Bonchev–Trinajstić information content (AvgIpc) is 2.33. The molecule has 0 aromatic heterocycles. The Morgan fingerprint density at radius 3 is 2.75 bits per heavy atom. The van der Waals surface area contributed by atoms with Crippen molar-refractivity contribution >= 4 is 6.09 Å². The van der Waals surface area contributed by atoms with Crippen molar-refractivity contribution in [2.75, 3.05) is 13.2 Å². The van der Waals surface area contributed by atoms with E-state index in [0.29, 0.717) is 25.5 Å². The molecular weight excluding hydrogens is 158 g/mol. The van der Waals surface area contributed by atoms with E-state index in [4.69, 9.17) is 4.74 Å². The van der Waals surface area contributed by atoms with Gasteiger partial charge in [0.05, 0.1) is 6.54 Å². The summed E-state index contributed by atoms with van der Waals surface area (Å²) in [5.41, 5.74) is 0. The number of ether oxygens (including phenoxy) is 1. The third-order valence-corrected chi connectivity index (χ3v) is 1.83. The van der Waals surface area contributed by atoms with Crippen LogP contribution in [0.5, 0.6) is 0 Å². The fourth-order valence-corrected chi connectivity index (χ4v) is 1.23. The van der Waals surface area contributed by atoms with Gasteiger partial charge in [0.25, 0.3) is 0 Å². The molecule has 0 aliphatic carbocycles. The van der Waals surface area contributed by atoms with Crippen LogP contribution >= 0.6 is 0 Å². The molecule has 0 saturated carbocycles. The van der Waals surface area contributed by atoms with E-state index < -0.39 is 12.3 Å². The van der Waals surface area contributed by atoms with Crippen molar-refractivity contribution in [1.82, 2.24) is 4.90 Å². The predicted octanol–water partition coefficient (Wildman–Crippen LogP) is 0.803. The molecule has 70 valence electrons. The molecule has 0 aromatic rings. The first kappa shape index (κ1) is 9.32. The molecule has 0 radical (unpaired) electrons. The Kier molecular flexibility index (Phi) is 2.92. The van der Waals surface area contributed by atoms with Crippen molar-refractivity contribution in [1.29, 1.82) is 0 Å². The second-order valence-corrected chi connectivity index (χ2v) is 3.42. The summed E-state index contributed by atoms with van der Waals surface area (Å²) in [6.07, 6.45) is -0.474. The van der Waals surface area contributed by atoms with Crippen LogP contribution in [0.2, 0.25) is 0 Å². The Balaban J connectivity index is 2.40. The zero-order chi connectivity index (χ0) is 9.14. The summed E-state index contributed by atoms with van der Waals surface area (Å²) >= 11 is 0. The third-order valence-electron chi connectivity index (χ3n) is 1.83. The number of hydrogen-bond acceptors (Lipinski definition) is 3. The summed E-state index contributed by atoms with van der Waals surface area (Å²) in [6.45, 7) is 4.91. The van der Waals surface area contributed by atoms with Gasteiger partial charge in [-0.1, -0.05) is 13.8 Å². The molecule has 1 aliphatic heterocycles. The summed E-state index contributed by atoms with van der Waals surface area (Å²) < 4.78 is 4.70. The molecule has 0 aromatic carbocycles. The monoisotopic (exact) mass is 173 g/mol. The quantitative estimate of drug-likeness (QED) is 0.686. The first-order valence-electron chi connectivity index (χ1n) is 4.22. The lowest BCUT2D eigenvalue weighted by Crippen LogP contribution is -2.36. The highest BCUT2D eigenvalue weighted by Crippen LogP contribution is 2.13. The van der Waals surface area contributed by atoms with E-state index in [9.17, 15) is 9.90 Å². The lowest BCUT2D eigenvalue weighted by Gasteiger charge is -2.21. The van der Waals surface area contributed by atoms with Gasteiger partial charge < -0.3 is 9.84 Å². The van der Waals surface area contributed by atoms with E-state index >= 15 is 0 Å². The number of nitrogens with zero attached hydrogens (tertiary/aromatic N) is 1. The molecule has 1 aliphatic rings. The first-order valence-corrected chi connectivity index (χ1v) is 4.22. The number of rotatable bonds is 3. The fourth-order valence-electron chi connectivity index (χ4n) is 1.23. The highest BCUT2D eigenvalue weighted by Gasteiger charge is 2.28. The summed E-state index contributed by atoms with van der Waals surface area (Å²) in [5.74, 6) is 0.383. The van der Waals surface area contributed by atoms with Crippen LogP contribution in [-0.4, -0.2) is 35.5 Å². The van der Waals surface area contributed by atoms with Crippen LogP contribution in [-0.2, 0) is 4.74 Å². The van der Waals surface area contributed by atoms with Crippen molar-refractivity contribution in [3.05, 3.63) is 0 Å². The van der Waals surface area contributed by atoms with Gasteiger partial charge in [0.15, 0.2) is 0 Å². The van der Waals surface area contributed by atoms with Crippen LogP contribution in [0.3, 0.4) is 0 Å². The van der Waals surface area contributed by atoms with Gasteiger partial charge in [0.2, 0.25) is 0 Å². The Morgan fingerprint density at radius 2 is 2.33 bits per heavy atom. The van der Waals surface area contributed by atoms with E-state index in [0.717, 1.165) is 0 Å². The molecule has 4 nitrogen and oxygen atoms in total. The van der Waals surface area contributed by atoms with Crippen LogP contribution in [0.15, 0.2) is 0 Å². The molecule has 1 rings (SSSR count). The largest absolute Gasteiger partial charge is 0.447 e. The zero-order valence-corrected chi connectivity index (χ0v) is 7.49. The van der Waals surface area contributed by atoms with Gasteiger partial charge in [0.1, 0.15) is 12.8 Å². The van der Waals surface area contributed by atoms with E-state index in [1.54, 1.807) is 0 Å². The molecule has 1 N–H and O–H groups in total. The molecule has 12 heavy (non-hydrogen) atoms. The number of carbonyl (C=O) groups is 1. The maximum absolute atomic E-state index is 10.9. The summed E-state index contributed by atoms with van der Waals surface area (Å²) in [6, 6.07) is 0. The molecule has 1 saturated heterocycles. The van der Waals surface area contributed by atoms with Gasteiger partial charge in [0, 0.05) is 0 Å². The Hall–Kier alpha value is -0.770. The van der Waals surface area contributed by atoms with Gasteiger partial charge in [-0.15, -0.1) is 0 Å². The van der Waals surface area contributed by atoms with Crippen molar-refractivity contribution in [2.45, 2.75) is 26.5 Å². The second-order valence-electron chi connectivity index (χ2n) is 3.42. The van der Waals surface area contributed by atoms with E-state index in [2.05, 4.69) is 0 Å². The summed E-state index contributed by atoms with van der Waals surface area (Å²) in [4.78, 5) is 12.3. The minimum Gasteiger partial charge on any atom is -0.447 e. The lowest BCUT2D eigenvalue weighted by atomic mass is 10.1. The van der Waals surface area contributed by atoms with Gasteiger partial charge in [-0.2, -0.15) is 0 Å². The van der Waals surface area contributed by atoms with Gasteiger partial charge >= 0.3 is 6.09 Å². The number of amides is 1. The van der Waals surface area contributed by atoms with Gasteiger partial charge in [-0.05, 0) is 12.3 Å². The minimum absolute atomic E-state index is 0.383. The van der Waals surface area contributed by atoms with Crippen molar-refractivity contribution < 1.29 is 14.6 Å². The van der Waals surface area contributed by atoms with Crippen LogP contribution in [0.25, 0.3) is 0 Å². The highest BCUT2D eigenvalue weighted by atomic mass is 16.6. The third kappa shape index (κ3) is 2.11. The fraction of sp³-hybridized carbons (Fsp3) is 0.875. The molecule has 4 heteroatoms. The van der Waals surface area contributed by atoms with E-state index in [-0.39, 0.29) is 0 Å². The van der Waals surface area contributed by atoms with Crippen LogP contribution in [0.1, 0.15) is 20.3 Å². The molecule has 1 atom stereocenters. The number of aliphatic hydroxyl groups is 1. The van der Waals surface area contributed by atoms with Crippen LogP contribution in [0.4, 0.5) is 4.79 Å². The SMILES string of the molecule is CC(C)CC(O)N1CCOC1=O. The van der Waals surface area contributed by atoms with Crippen molar-refractivity contribution in [2.24, 2.45) is 5.92 Å². The molecule has 1 heterocycles. The van der Waals surface area contributed by atoms with E-state index in [1.165, 1.54) is 4.90 Å². The summed E-state index contributed by atoms with van der Waals surface area (Å²) in [7, 11) is 0. The lowest BCUT2D eigenvalue weighted by molar-refractivity contribution is 0.0226. The number of hydrogen-bond donors (Lipinski definition) is 1. The second kappa shape index (κ2) is 3.76. The van der Waals surface area contributed by atoms with Crippen molar-refractivity contribution in [3.8, 4) is 0 Å². The van der Waals surface area contributed by atoms with Crippen LogP contribution in [0, 0.1) is 5.92 Å². The molecule has 0 spiro atoms. The number of cyclic esters (lactones) is 1. The smallest absolute Gasteiger partial charge is 0.412 e. The van der Waals surface area contributed by atoms with Gasteiger partial charge in [-0.3, -0.25) is 4.90 Å². The average molecular weight is 173 g/mol. The highest BCUT2D eigenvalue weighted by molar-refractivity contribution is 5.69. The number of carbonyl (C=O) groups excluding carboxylic acids is 1. The maximum Gasteiger partial charge on any atom is 0.412 e. The van der Waals surface area contributed by atoms with Crippen LogP contribution < -0.4 is 0 Å². The molecule has 1 unspecified atom stereocenters. The Bertz CT molecular complexity index is 170.